The number of hydrogen-bond donors (Lipinski definition) is 1. The minimum Gasteiger partial charge on any atom is -0.484 e. The van der Waals surface area contributed by atoms with Crippen molar-refractivity contribution in [1.82, 2.24) is 14.8 Å². The van der Waals surface area contributed by atoms with Gasteiger partial charge in [-0.2, -0.15) is 0 Å². The average Bonchev–Trinajstić information content (AvgIpc) is 3.16. The standard InChI is InChI=1S/C20H22ClN3O2/c1-23-14-4-5-15(23)10-13(9-14)22-20(25)17-7-12(21)8-18-19(17)26-11-16-3-2-6-24(16)18/h2-3,6-8,13-15H,4-5,9-11H2,1H3,(H,22,25)/t13?,14-,15+. The Morgan fingerprint density at radius 3 is 2.81 bits per heavy atom. The molecule has 3 atom stereocenters. The Morgan fingerprint density at radius 1 is 1.27 bits per heavy atom. The topological polar surface area (TPSA) is 46.5 Å². The van der Waals surface area contributed by atoms with Gasteiger partial charge < -0.3 is 19.5 Å². The van der Waals surface area contributed by atoms with Crippen molar-refractivity contribution < 1.29 is 9.53 Å². The number of rotatable bonds is 2. The third kappa shape index (κ3) is 2.53. The van der Waals surface area contributed by atoms with E-state index >= 15 is 0 Å². The average molecular weight is 372 g/mol. The van der Waals surface area contributed by atoms with Crippen LogP contribution in [-0.4, -0.2) is 40.5 Å². The fourth-order valence-electron chi connectivity index (χ4n) is 4.79. The highest BCUT2D eigenvalue weighted by atomic mass is 35.5. The van der Waals surface area contributed by atoms with E-state index < -0.39 is 0 Å². The van der Waals surface area contributed by atoms with Gasteiger partial charge in [0.25, 0.3) is 5.91 Å². The summed E-state index contributed by atoms with van der Waals surface area (Å²) in [6, 6.07) is 8.95. The molecule has 1 N–H and O–H groups in total. The second-order valence-electron chi connectivity index (χ2n) is 7.65. The molecule has 0 spiro atoms. The first kappa shape index (κ1) is 16.2. The van der Waals surface area contributed by atoms with Crippen LogP contribution in [0, 0.1) is 0 Å². The number of nitrogens with one attached hydrogen (secondary N) is 1. The Morgan fingerprint density at radius 2 is 2.04 bits per heavy atom. The number of benzene rings is 1. The lowest BCUT2D eigenvalue weighted by molar-refractivity contribution is 0.0877. The number of piperidine rings is 1. The van der Waals surface area contributed by atoms with Crippen molar-refractivity contribution in [3.8, 4) is 11.4 Å². The lowest BCUT2D eigenvalue weighted by Gasteiger charge is -2.36. The van der Waals surface area contributed by atoms with Crippen molar-refractivity contribution in [2.45, 2.75) is 50.4 Å². The molecule has 2 bridgehead atoms. The molecule has 5 nitrogen and oxygen atoms in total. The first-order valence-corrected chi connectivity index (χ1v) is 9.63. The van der Waals surface area contributed by atoms with Crippen molar-refractivity contribution in [1.29, 1.82) is 0 Å². The predicted octanol–water partition coefficient (Wildman–Crippen LogP) is 3.38. The maximum atomic E-state index is 13.0. The van der Waals surface area contributed by atoms with Crippen molar-refractivity contribution in [3.63, 3.8) is 0 Å². The molecule has 4 heterocycles. The van der Waals surface area contributed by atoms with Crippen LogP contribution < -0.4 is 10.1 Å². The van der Waals surface area contributed by atoms with E-state index in [9.17, 15) is 4.79 Å². The predicted molar refractivity (Wildman–Crippen MR) is 100 cm³/mol. The van der Waals surface area contributed by atoms with Crippen LogP contribution in [0.1, 0.15) is 41.7 Å². The summed E-state index contributed by atoms with van der Waals surface area (Å²) >= 11 is 6.32. The first-order valence-electron chi connectivity index (χ1n) is 9.26. The quantitative estimate of drug-likeness (QED) is 0.880. The van der Waals surface area contributed by atoms with E-state index in [2.05, 4.69) is 17.3 Å². The van der Waals surface area contributed by atoms with E-state index in [0.29, 0.717) is 35.0 Å². The third-order valence-electron chi connectivity index (χ3n) is 6.17. The fourth-order valence-corrected chi connectivity index (χ4v) is 5.00. The van der Waals surface area contributed by atoms with Gasteiger partial charge in [-0.15, -0.1) is 0 Å². The summed E-state index contributed by atoms with van der Waals surface area (Å²) in [7, 11) is 2.20. The van der Waals surface area contributed by atoms with Crippen LogP contribution in [0.2, 0.25) is 5.02 Å². The van der Waals surface area contributed by atoms with E-state index in [4.69, 9.17) is 16.3 Å². The number of hydrogen-bond acceptors (Lipinski definition) is 3. The number of fused-ring (bicyclic) bond motifs is 5. The van der Waals surface area contributed by atoms with E-state index in [1.54, 1.807) is 6.07 Å². The van der Waals surface area contributed by atoms with Crippen molar-refractivity contribution in [2.24, 2.45) is 0 Å². The van der Waals surface area contributed by atoms with Crippen molar-refractivity contribution >= 4 is 17.5 Å². The molecule has 3 aliphatic heterocycles. The summed E-state index contributed by atoms with van der Waals surface area (Å²) in [5.41, 5.74) is 2.41. The summed E-state index contributed by atoms with van der Waals surface area (Å²) in [5, 5.41) is 3.78. The molecule has 2 saturated heterocycles. The van der Waals surface area contributed by atoms with Gasteiger partial charge in [-0.3, -0.25) is 4.79 Å². The summed E-state index contributed by atoms with van der Waals surface area (Å²) < 4.78 is 7.97. The number of carbonyl (C=O) groups is 1. The number of amides is 1. The van der Waals surface area contributed by atoms with Crippen LogP contribution in [0.4, 0.5) is 0 Å². The van der Waals surface area contributed by atoms with Crippen LogP contribution in [0.25, 0.3) is 5.69 Å². The van der Waals surface area contributed by atoms with E-state index in [1.807, 2.05) is 29.0 Å². The Kier molecular flexibility index (Phi) is 3.76. The van der Waals surface area contributed by atoms with E-state index in [-0.39, 0.29) is 11.9 Å². The van der Waals surface area contributed by atoms with Gasteiger partial charge in [0.15, 0.2) is 5.75 Å². The SMILES string of the molecule is CN1[C@@H]2CC[C@H]1CC(NC(=O)c1cc(Cl)cc3c1OCc1cccn1-3)C2. The molecule has 1 aromatic carbocycles. The summed E-state index contributed by atoms with van der Waals surface area (Å²) in [6.45, 7) is 0.459. The lowest BCUT2D eigenvalue weighted by atomic mass is 9.97. The zero-order valence-electron chi connectivity index (χ0n) is 14.7. The van der Waals surface area contributed by atoms with Crippen LogP contribution in [0.3, 0.4) is 0 Å². The molecular formula is C20H22ClN3O2. The zero-order chi connectivity index (χ0) is 17.8. The molecule has 5 rings (SSSR count). The van der Waals surface area contributed by atoms with Gasteiger partial charge in [0.2, 0.25) is 0 Å². The van der Waals surface area contributed by atoms with Gasteiger partial charge in [0, 0.05) is 29.3 Å². The second-order valence-corrected chi connectivity index (χ2v) is 8.09. The van der Waals surface area contributed by atoms with Gasteiger partial charge in [-0.05, 0) is 57.0 Å². The highest BCUT2D eigenvalue weighted by Gasteiger charge is 2.39. The smallest absolute Gasteiger partial charge is 0.255 e. The van der Waals surface area contributed by atoms with Gasteiger partial charge in [-0.1, -0.05) is 11.6 Å². The lowest BCUT2D eigenvalue weighted by Crippen LogP contribution is -2.48. The number of aromatic nitrogens is 1. The number of nitrogens with zero attached hydrogens (tertiary/aromatic N) is 2. The molecule has 136 valence electrons. The molecule has 6 heteroatoms. The maximum absolute atomic E-state index is 13.0. The molecule has 0 aliphatic carbocycles. The molecular weight excluding hydrogens is 350 g/mol. The minimum atomic E-state index is -0.0895. The summed E-state index contributed by atoms with van der Waals surface area (Å²) in [5.74, 6) is 0.528. The third-order valence-corrected chi connectivity index (χ3v) is 6.39. The number of halogens is 1. The van der Waals surface area contributed by atoms with Gasteiger partial charge in [-0.25, -0.2) is 0 Å². The Bertz CT molecular complexity index is 864. The Hall–Kier alpha value is -1.98. The fraction of sp³-hybridized carbons (Fsp3) is 0.450. The molecule has 2 aromatic rings. The van der Waals surface area contributed by atoms with Gasteiger partial charge in [0.1, 0.15) is 6.61 Å². The Balaban J connectivity index is 1.43. The first-order chi connectivity index (χ1) is 12.6. The highest BCUT2D eigenvalue weighted by Crippen LogP contribution is 2.37. The molecule has 0 radical (unpaired) electrons. The summed E-state index contributed by atoms with van der Waals surface area (Å²) in [6.07, 6.45) is 6.48. The highest BCUT2D eigenvalue weighted by molar-refractivity contribution is 6.31. The summed E-state index contributed by atoms with van der Waals surface area (Å²) in [4.78, 5) is 15.5. The van der Waals surface area contributed by atoms with Crippen LogP contribution in [-0.2, 0) is 6.61 Å². The zero-order valence-corrected chi connectivity index (χ0v) is 15.5. The molecule has 1 aromatic heterocycles. The van der Waals surface area contributed by atoms with Crippen LogP contribution >= 0.6 is 11.6 Å². The molecule has 3 aliphatic rings. The largest absolute Gasteiger partial charge is 0.484 e. The number of carbonyl (C=O) groups excluding carboxylic acids is 1. The molecule has 1 unspecified atom stereocenters. The Labute approximate surface area is 157 Å². The maximum Gasteiger partial charge on any atom is 0.255 e. The van der Waals surface area contributed by atoms with E-state index in [1.165, 1.54) is 12.8 Å². The van der Waals surface area contributed by atoms with Gasteiger partial charge >= 0.3 is 0 Å². The molecule has 2 fully saturated rings. The molecule has 1 amide bonds. The molecule has 0 saturated carbocycles. The van der Waals surface area contributed by atoms with E-state index in [0.717, 1.165) is 24.2 Å². The van der Waals surface area contributed by atoms with Gasteiger partial charge in [0.05, 0.1) is 16.9 Å². The normalized spacial score (nSPS) is 26.8. The van der Waals surface area contributed by atoms with Crippen LogP contribution in [0.15, 0.2) is 30.5 Å². The minimum absolute atomic E-state index is 0.0895. The second kappa shape index (κ2) is 6.03. The monoisotopic (exact) mass is 371 g/mol. The molecule has 26 heavy (non-hydrogen) atoms. The van der Waals surface area contributed by atoms with Crippen molar-refractivity contribution in [3.05, 3.63) is 46.7 Å². The van der Waals surface area contributed by atoms with Crippen molar-refractivity contribution in [2.75, 3.05) is 7.05 Å². The number of ether oxygens (including phenoxy) is 1. The van der Waals surface area contributed by atoms with Crippen LogP contribution in [0.5, 0.6) is 5.75 Å².